The van der Waals surface area contributed by atoms with Gasteiger partial charge < -0.3 is 20.4 Å². The summed E-state index contributed by atoms with van der Waals surface area (Å²) in [5, 5.41) is 0. The maximum Gasteiger partial charge on any atom is 0.255 e. The Kier molecular flexibility index (Phi) is 4.99. The van der Waals surface area contributed by atoms with Gasteiger partial charge in [-0.1, -0.05) is 0 Å². The molecule has 2 aliphatic heterocycles. The number of pyridine rings is 1. The number of hydrogen-bond acceptors (Lipinski definition) is 5. The van der Waals surface area contributed by atoms with E-state index in [9.17, 15) is 9.59 Å². The quantitative estimate of drug-likeness (QED) is 0.854. The number of rotatable bonds is 3. The molecular formula is C17H25N5O2. The number of nitrogens with two attached hydrogens (primary N) is 1. The van der Waals surface area contributed by atoms with Gasteiger partial charge in [0, 0.05) is 51.4 Å². The third-order valence-electron chi connectivity index (χ3n) is 5.01. The standard InChI is InChI=1S/C17H25N5O2/c1-20-8-10-21(11-9-20)15-3-2-14(12-19-15)17(24)22-6-4-13(5-7-22)16(18)23/h2-3,12-13H,4-11H2,1H3,(H2,18,23). The Bertz CT molecular complexity index is 588. The fourth-order valence-corrected chi connectivity index (χ4v) is 3.28. The molecule has 0 spiro atoms. The molecule has 24 heavy (non-hydrogen) atoms. The van der Waals surface area contributed by atoms with Gasteiger partial charge in [0.15, 0.2) is 0 Å². The van der Waals surface area contributed by atoms with E-state index >= 15 is 0 Å². The highest BCUT2D eigenvalue weighted by atomic mass is 16.2. The highest BCUT2D eigenvalue weighted by molar-refractivity contribution is 5.94. The van der Waals surface area contributed by atoms with Gasteiger partial charge in [-0.3, -0.25) is 9.59 Å². The normalized spacial score (nSPS) is 20.2. The highest BCUT2D eigenvalue weighted by Gasteiger charge is 2.26. The molecule has 0 aromatic carbocycles. The van der Waals surface area contributed by atoms with Crippen molar-refractivity contribution in [2.24, 2.45) is 11.7 Å². The average molecular weight is 331 g/mol. The zero-order valence-corrected chi connectivity index (χ0v) is 14.1. The molecular weight excluding hydrogens is 306 g/mol. The molecule has 0 aliphatic carbocycles. The molecule has 7 nitrogen and oxygen atoms in total. The lowest BCUT2D eigenvalue weighted by molar-refractivity contribution is -0.123. The van der Waals surface area contributed by atoms with Crippen LogP contribution >= 0.6 is 0 Å². The molecule has 0 bridgehead atoms. The fraction of sp³-hybridized carbons (Fsp3) is 0.588. The van der Waals surface area contributed by atoms with Gasteiger partial charge in [0.05, 0.1) is 5.56 Å². The van der Waals surface area contributed by atoms with E-state index < -0.39 is 0 Å². The van der Waals surface area contributed by atoms with E-state index in [0.29, 0.717) is 31.5 Å². The first-order chi connectivity index (χ1) is 11.5. The van der Waals surface area contributed by atoms with Crippen molar-refractivity contribution in [3.05, 3.63) is 23.9 Å². The van der Waals surface area contributed by atoms with Gasteiger partial charge in [0.2, 0.25) is 5.91 Å². The summed E-state index contributed by atoms with van der Waals surface area (Å²) in [5.74, 6) is 0.537. The molecule has 0 saturated carbocycles. The summed E-state index contributed by atoms with van der Waals surface area (Å²) < 4.78 is 0. The smallest absolute Gasteiger partial charge is 0.255 e. The lowest BCUT2D eigenvalue weighted by Gasteiger charge is -2.33. The number of carbonyl (C=O) groups is 2. The molecule has 2 fully saturated rings. The zero-order chi connectivity index (χ0) is 17.1. The van der Waals surface area contributed by atoms with E-state index in [1.807, 2.05) is 12.1 Å². The number of primary amides is 1. The van der Waals surface area contributed by atoms with Crippen molar-refractivity contribution < 1.29 is 9.59 Å². The number of likely N-dealkylation sites (tertiary alicyclic amines) is 1. The molecule has 1 aromatic heterocycles. The van der Waals surface area contributed by atoms with Crippen LogP contribution in [0.15, 0.2) is 18.3 Å². The monoisotopic (exact) mass is 331 g/mol. The van der Waals surface area contributed by atoms with Gasteiger partial charge in [-0.2, -0.15) is 0 Å². The molecule has 0 unspecified atom stereocenters. The van der Waals surface area contributed by atoms with E-state index in [1.165, 1.54) is 0 Å². The minimum atomic E-state index is -0.264. The number of amides is 2. The Morgan fingerprint density at radius 1 is 1.08 bits per heavy atom. The second-order valence-electron chi connectivity index (χ2n) is 6.66. The molecule has 2 N–H and O–H groups in total. The molecule has 3 rings (SSSR count). The highest BCUT2D eigenvalue weighted by Crippen LogP contribution is 2.20. The van der Waals surface area contributed by atoms with Crippen molar-refractivity contribution >= 4 is 17.6 Å². The predicted molar refractivity (Wildman–Crippen MR) is 91.8 cm³/mol. The Hall–Kier alpha value is -2.15. The van der Waals surface area contributed by atoms with Gasteiger partial charge in [-0.15, -0.1) is 0 Å². The first kappa shape index (κ1) is 16.7. The number of nitrogens with zero attached hydrogens (tertiary/aromatic N) is 4. The Balaban J connectivity index is 1.59. The molecule has 0 atom stereocenters. The summed E-state index contributed by atoms with van der Waals surface area (Å²) in [6.07, 6.45) is 2.96. The largest absolute Gasteiger partial charge is 0.369 e. The van der Waals surface area contributed by atoms with Crippen molar-refractivity contribution in [3.63, 3.8) is 0 Å². The number of piperazine rings is 1. The van der Waals surface area contributed by atoms with Gasteiger partial charge >= 0.3 is 0 Å². The van der Waals surface area contributed by atoms with Crippen molar-refractivity contribution in [2.75, 3.05) is 51.2 Å². The van der Waals surface area contributed by atoms with Gasteiger partial charge in [-0.05, 0) is 32.0 Å². The van der Waals surface area contributed by atoms with Crippen molar-refractivity contribution in [1.29, 1.82) is 0 Å². The number of carbonyl (C=O) groups excluding carboxylic acids is 2. The first-order valence-corrected chi connectivity index (χ1v) is 8.53. The molecule has 2 amide bonds. The number of anilines is 1. The van der Waals surface area contributed by atoms with Crippen LogP contribution in [0.5, 0.6) is 0 Å². The molecule has 130 valence electrons. The van der Waals surface area contributed by atoms with Gasteiger partial charge in [0.25, 0.3) is 5.91 Å². The summed E-state index contributed by atoms with van der Waals surface area (Å²) >= 11 is 0. The SMILES string of the molecule is CN1CCN(c2ccc(C(=O)N3CCC(C(N)=O)CC3)cn2)CC1. The van der Waals surface area contributed by atoms with Crippen LogP contribution in [0.3, 0.4) is 0 Å². The van der Waals surface area contributed by atoms with Crippen LogP contribution in [0.1, 0.15) is 23.2 Å². The Morgan fingerprint density at radius 3 is 2.29 bits per heavy atom. The molecule has 7 heteroatoms. The third kappa shape index (κ3) is 3.67. The lowest BCUT2D eigenvalue weighted by Crippen LogP contribution is -2.44. The Labute approximate surface area is 142 Å². The van der Waals surface area contributed by atoms with Crippen LogP contribution in [-0.2, 0) is 4.79 Å². The van der Waals surface area contributed by atoms with Gasteiger partial charge in [-0.25, -0.2) is 4.98 Å². The second-order valence-corrected chi connectivity index (χ2v) is 6.66. The zero-order valence-electron chi connectivity index (χ0n) is 14.1. The summed E-state index contributed by atoms with van der Waals surface area (Å²) in [6.45, 7) is 5.11. The number of aromatic nitrogens is 1. The molecule has 0 radical (unpaired) electrons. The molecule has 3 heterocycles. The van der Waals surface area contributed by atoms with Crippen LogP contribution in [0.2, 0.25) is 0 Å². The fourth-order valence-electron chi connectivity index (χ4n) is 3.28. The average Bonchev–Trinajstić information content (AvgIpc) is 2.62. The minimum absolute atomic E-state index is 0.0182. The number of piperidine rings is 1. The molecule has 2 saturated heterocycles. The van der Waals surface area contributed by atoms with E-state index in [0.717, 1.165) is 32.0 Å². The van der Waals surface area contributed by atoms with E-state index in [2.05, 4.69) is 21.8 Å². The van der Waals surface area contributed by atoms with Crippen LogP contribution in [0.4, 0.5) is 5.82 Å². The molecule has 1 aromatic rings. The summed E-state index contributed by atoms with van der Waals surface area (Å²) in [6, 6.07) is 3.78. The third-order valence-corrected chi connectivity index (χ3v) is 5.01. The van der Waals surface area contributed by atoms with E-state index in [4.69, 9.17) is 5.73 Å². The van der Waals surface area contributed by atoms with Crippen molar-refractivity contribution in [2.45, 2.75) is 12.8 Å². The Morgan fingerprint density at radius 2 is 1.75 bits per heavy atom. The van der Waals surface area contributed by atoms with E-state index in [-0.39, 0.29) is 17.7 Å². The van der Waals surface area contributed by atoms with Crippen LogP contribution < -0.4 is 10.6 Å². The lowest BCUT2D eigenvalue weighted by atomic mass is 9.96. The van der Waals surface area contributed by atoms with Crippen molar-refractivity contribution in [3.8, 4) is 0 Å². The first-order valence-electron chi connectivity index (χ1n) is 8.53. The van der Waals surface area contributed by atoms with Crippen molar-refractivity contribution in [1.82, 2.24) is 14.8 Å². The maximum atomic E-state index is 12.6. The second kappa shape index (κ2) is 7.17. The number of likely N-dealkylation sites (N-methyl/N-ethyl adjacent to an activating group) is 1. The van der Waals surface area contributed by atoms with Crippen LogP contribution in [0, 0.1) is 5.92 Å². The van der Waals surface area contributed by atoms with Crippen LogP contribution in [0.25, 0.3) is 0 Å². The summed E-state index contributed by atoms with van der Waals surface area (Å²) in [4.78, 5) is 34.6. The van der Waals surface area contributed by atoms with Crippen LogP contribution in [-0.4, -0.2) is 72.9 Å². The maximum absolute atomic E-state index is 12.6. The summed E-state index contributed by atoms with van der Waals surface area (Å²) in [5.41, 5.74) is 5.94. The topological polar surface area (TPSA) is 82.8 Å². The minimum Gasteiger partial charge on any atom is -0.369 e. The molecule has 2 aliphatic rings. The number of hydrogen-bond donors (Lipinski definition) is 1. The van der Waals surface area contributed by atoms with E-state index in [1.54, 1.807) is 11.1 Å². The van der Waals surface area contributed by atoms with Gasteiger partial charge in [0.1, 0.15) is 5.82 Å². The predicted octanol–water partition coefficient (Wildman–Crippen LogP) is 0.171. The summed E-state index contributed by atoms with van der Waals surface area (Å²) in [7, 11) is 2.12.